The first-order valence-electron chi connectivity index (χ1n) is 6.60. The highest BCUT2D eigenvalue weighted by Crippen LogP contribution is 2.31. The van der Waals surface area contributed by atoms with E-state index in [0.29, 0.717) is 23.4 Å². The summed E-state index contributed by atoms with van der Waals surface area (Å²) in [5.74, 6) is 0.655. The summed E-state index contributed by atoms with van der Waals surface area (Å²) in [6.07, 6.45) is 1.79. The summed E-state index contributed by atoms with van der Waals surface area (Å²) < 4.78 is 7.30. The average Bonchev–Trinajstić information content (AvgIpc) is 3.03. The van der Waals surface area contributed by atoms with Crippen LogP contribution in [0.1, 0.15) is 19.6 Å². The number of hydrogen-bond acceptors (Lipinski definition) is 7. The Morgan fingerprint density at radius 3 is 3.00 bits per heavy atom. The van der Waals surface area contributed by atoms with Crippen LogP contribution in [-0.4, -0.2) is 55.1 Å². The van der Waals surface area contributed by atoms with Gasteiger partial charge in [-0.3, -0.25) is 4.57 Å². The Hall–Kier alpha value is -1.77. The summed E-state index contributed by atoms with van der Waals surface area (Å²) in [5.41, 5.74) is 1.23. The van der Waals surface area contributed by atoms with Gasteiger partial charge in [-0.15, -0.1) is 0 Å². The molecule has 3 atom stereocenters. The molecule has 1 saturated heterocycles. The number of rotatable bonds is 4. The number of aliphatic hydroxyl groups excluding tert-OH is 2. The summed E-state index contributed by atoms with van der Waals surface area (Å²) in [6, 6.07) is 0. The summed E-state index contributed by atoms with van der Waals surface area (Å²) in [5, 5.41) is 22.3. The molecule has 108 valence electrons. The number of nitrogens with one attached hydrogen (secondary N) is 1. The molecule has 8 nitrogen and oxygen atoms in total. The fraction of sp³-hybridized carbons (Fsp3) is 0.583. The van der Waals surface area contributed by atoms with Crippen LogP contribution in [0.25, 0.3) is 11.2 Å². The SMILES string of the molecule is CCNc1ncnc2c1ncn2[C@@H]1O[C@H](CO)C[C@H]1O. The molecule has 1 fully saturated rings. The van der Waals surface area contributed by atoms with Gasteiger partial charge in [0.25, 0.3) is 0 Å². The predicted molar refractivity (Wildman–Crippen MR) is 71.1 cm³/mol. The average molecular weight is 279 g/mol. The van der Waals surface area contributed by atoms with Gasteiger partial charge in [0.1, 0.15) is 12.4 Å². The molecule has 8 heteroatoms. The Bertz CT molecular complexity index is 602. The van der Waals surface area contributed by atoms with E-state index < -0.39 is 12.3 Å². The minimum absolute atomic E-state index is 0.113. The third-order valence-corrected chi connectivity index (χ3v) is 3.35. The van der Waals surface area contributed by atoms with Crippen molar-refractivity contribution in [2.75, 3.05) is 18.5 Å². The van der Waals surface area contributed by atoms with Crippen molar-refractivity contribution in [3.8, 4) is 0 Å². The number of fused-ring (bicyclic) bond motifs is 1. The molecule has 0 radical (unpaired) electrons. The Labute approximate surface area is 115 Å². The predicted octanol–water partition coefficient (Wildman–Crippen LogP) is -0.101. The van der Waals surface area contributed by atoms with E-state index in [1.165, 1.54) is 6.33 Å². The summed E-state index contributed by atoms with van der Waals surface area (Å²) in [7, 11) is 0. The van der Waals surface area contributed by atoms with Crippen LogP contribution in [-0.2, 0) is 4.74 Å². The van der Waals surface area contributed by atoms with Crippen LogP contribution in [0, 0.1) is 0 Å². The fourth-order valence-electron chi connectivity index (χ4n) is 2.43. The van der Waals surface area contributed by atoms with E-state index in [2.05, 4.69) is 20.3 Å². The molecule has 1 aliphatic heterocycles. The van der Waals surface area contributed by atoms with Gasteiger partial charge >= 0.3 is 0 Å². The van der Waals surface area contributed by atoms with Crippen LogP contribution >= 0.6 is 0 Å². The molecule has 0 unspecified atom stereocenters. The van der Waals surface area contributed by atoms with Crippen LogP contribution in [0.3, 0.4) is 0 Å². The molecule has 3 N–H and O–H groups in total. The Morgan fingerprint density at radius 2 is 2.30 bits per heavy atom. The van der Waals surface area contributed by atoms with Crippen molar-refractivity contribution in [1.29, 1.82) is 0 Å². The first-order chi connectivity index (χ1) is 9.74. The molecule has 2 aromatic heterocycles. The summed E-state index contributed by atoms with van der Waals surface area (Å²) in [6.45, 7) is 2.59. The van der Waals surface area contributed by atoms with Gasteiger partial charge in [-0.2, -0.15) is 0 Å². The zero-order valence-electron chi connectivity index (χ0n) is 11.1. The van der Waals surface area contributed by atoms with E-state index in [9.17, 15) is 5.11 Å². The lowest BCUT2D eigenvalue weighted by Gasteiger charge is -2.16. The van der Waals surface area contributed by atoms with Crippen LogP contribution in [0.5, 0.6) is 0 Å². The molecule has 3 heterocycles. The summed E-state index contributed by atoms with van der Waals surface area (Å²) in [4.78, 5) is 12.6. The molecule has 0 amide bonds. The molecule has 1 aliphatic rings. The number of aromatic nitrogens is 4. The van der Waals surface area contributed by atoms with E-state index >= 15 is 0 Å². The van der Waals surface area contributed by atoms with E-state index in [1.54, 1.807) is 10.9 Å². The maximum atomic E-state index is 10.1. The van der Waals surface area contributed by atoms with Crippen LogP contribution < -0.4 is 5.32 Å². The molecule has 0 aliphatic carbocycles. The van der Waals surface area contributed by atoms with Crippen LogP contribution in [0.4, 0.5) is 5.82 Å². The smallest absolute Gasteiger partial charge is 0.167 e. The number of aliphatic hydroxyl groups is 2. The molecule has 20 heavy (non-hydrogen) atoms. The second-order valence-electron chi connectivity index (χ2n) is 4.71. The third-order valence-electron chi connectivity index (χ3n) is 3.35. The van der Waals surface area contributed by atoms with Crippen LogP contribution in [0.15, 0.2) is 12.7 Å². The monoisotopic (exact) mass is 279 g/mol. The van der Waals surface area contributed by atoms with Gasteiger partial charge < -0.3 is 20.3 Å². The minimum atomic E-state index is -0.693. The lowest BCUT2D eigenvalue weighted by molar-refractivity contribution is -0.0486. The zero-order chi connectivity index (χ0) is 14.1. The highest BCUT2D eigenvalue weighted by molar-refractivity contribution is 5.82. The van der Waals surface area contributed by atoms with Crippen molar-refractivity contribution in [3.05, 3.63) is 12.7 Å². The van der Waals surface area contributed by atoms with Crippen molar-refractivity contribution >= 4 is 17.0 Å². The first-order valence-corrected chi connectivity index (χ1v) is 6.60. The van der Waals surface area contributed by atoms with Gasteiger partial charge in [-0.1, -0.05) is 0 Å². The second-order valence-corrected chi connectivity index (χ2v) is 4.71. The van der Waals surface area contributed by atoms with Crippen molar-refractivity contribution in [2.24, 2.45) is 0 Å². The topological polar surface area (TPSA) is 105 Å². The number of imidazole rings is 1. The Morgan fingerprint density at radius 1 is 1.45 bits per heavy atom. The lowest BCUT2D eigenvalue weighted by Crippen LogP contribution is -2.19. The van der Waals surface area contributed by atoms with E-state index in [-0.39, 0.29) is 12.7 Å². The molecule has 0 bridgehead atoms. The highest BCUT2D eigenvalue weighted by Gasteiger charge is 2.35. The van der Waals surface area contributed by atoms with Gasteiger partial charge in [0.15, 0.2) is 23.2 Å². The van der Waals surface area contributed by atoms with Gasteiger partial charge in [-0.25, -0.2) is 15.0 Å². The van der Waals surface area contributed by atoms with E-state index in [4.69, 9.17) is 9.84 Å². The third kappa shape index (κ3) is 2.11. The highest BCUT2D eigenvalue weighted by atomic mass is 16.5. The largest absolute Gasteiger partial charge is 0.394 e. The molecular weight excluding hydrogens is 262 g/mol. The number of nitrogens with zero attached hydrogens (tertiary/aromatic N) is 4. The Balaban J connectivity index is 1.99. The van der Waals surface area contributed by atoms with Gasteiger partial charge in [0.2, 0.25) is 0 Å². The maximum absolute atomic E-state index is 10.1. The second kappa shape index (κ2) is 5.31. The quantitative estimate of drug-likeness (QED) is 0.717. The van der Waals surface area contributed by atoms with Crippen molar-refractivity contribution in [1.82, 2.24) is 19.5 Å². The standard InChI is InChI=1S/C12H17N5O3/c1-2-13-10-9-11(15-5-14-10)17(6-16-9)12-8(19)3-7(4-18)20-12/h5-8,12,18-19H,2-4H2,1H3,(H,13,14,15)/t7-,8+,12+/m0/s1. The molecule has 0 spiro atoms. The fourth-order valence-corrected chi connectivity index (χ4v) is 2.43. The molecule has 0 aromatic carbocycles. The molecule has 3 rings (SSSR count). The number of ether oxygens (including phenoxy) is 1. The van der Waals surface area contributed by atoms with Crippen molar-refractivity contribution < 1.29 is 14.9 Å². The van der Waals surface area contributed by atoms with Gasteiger partial charge in [-0.05, 0) is 6.92 Å². The van der Waals surface area contributed by atoms with E-state index in [0.717, 1.165) is 6.54 Å². The minimum Gasteiger partial charge on any atom is -0.394 e. The maximum Gasteiger partial charge on any atom is 0.167 e. The van der Waals surface area contributed by atoms with Gasteiger partial charge in [0.05, 0.1) is 19.0 Å². The van der Waals surface area contributed by atoms with E-state index in [1.807, 2.05) is 6.92 Å². The number of hydrogen-bond donors (Lipinski definition) is 3. The lowest BCUT2D eigenvalue weighted by atomic mass is 10.2. The molecule has 0 saturated carbocycles. The number of anilines is 1. The van der Waals surface area contributed by atoms with Crippen molar-refractivity contribution in [2.45, 2.75) is 31.8 Å². The first kappa shape index (κ1) is 13.2. The molecule has 2 aromatic rings. The zero-order valence-corrected chi connectivity index (χ0v) is 11.1. The van der Waals surface area contributed by atoms with Gasteiger partial charge in [0, 0.05) is 13.0 Å². The van der Waals surface area contributed by atoms with Crippen molar-refractivity contribution in [3.63, 3.8) is 0 Å². The normalized spacial score (nSPS) is 26.2. The Kier molecular flexibility index (Phi) is 3.51. The molecular formula is C12H17N5O3. The summed E-state index contributed by atoms with van der Waals surface area (Å²) >= 11 is 0. The van der Waals surface area contributed by atoms with Crippen LogP contribution in [0.2, 0.25) is 0 Å².